The molecule has 0 radical (unpaired) electrons. The first-order chi connectivity index (χ1) is 6.02. The summed E-state index contributed by atoms with van der Waals surface area (Å²) in [6.45, 7) is 4.73. The Morgan fingerprint density at radius 1 is 1.54 bits per heavy atom. The van der Waals surface area contributed by atoms with E-state index in [9.17, 15) is 4.79 Å². The minimum absolute atomic E-state index is 0.0944. The summed E-state index contributed by atoms with van der Waals surface area (Å²) < 4.78 is 2.68. The fourth-order valence-electron chi connectivity index (χ4n) is 0.921. The van der Waals surface area contributed by atoms with Crippen molar-refractivity contribution < 1.29 is 0 Å². The molecule has 3 nitrogen and oxygen atoms in total. The van der Waals surface area contributed by atoms with Crippen LogP contribution in [0.15, 0.2) is 19.9 Å². The normalized spacial score (nSPS) is 10.8. The standard InChI is InChI=1S/C8H10Br2N2O/c1-5(2)4-12-8(13)7(10)6(9)3-11-12/h3,5H,4H2,1-2H3. The van der Waals surface area contributed by atoms with Gasteiger partial charge in [0.2, 0.25) is 0 Å². The van der Waals surface area contributed by atoms with Gasteiger partial charge in [0.1, 0.15) is 4.47 Å². The van der Waals surface area contributed by atoms with Crippen molar-refractivity contribution in [2.75, 3.05) is 0 Å². The topological polar surface area (TPSA) is 34.9 Å². The van der Waals surface area contributed by atoms with Gasteiger partial charge in [-0.2, -0.15) is 5.10 Å². The van der Waals surface area contributed by atoms with Crippen LogP contribution in [0, 0.1) is 5.92 Å². The molecular formula is C8H10Br2N2O. The Morgan fingerprint density at radius 3 is 2.69 bits per heavy atom. The highest BCUT2D eigenvalue weighted by Crippen LogP contribution is 2.16. The zero-order chi connectivity index (χ0) is 10.0. The Kier molecular flexibility index (Phi) is 3.67. The minimum atomic E-state index is -0.0944. The van der Waals surface area contributed by atoms with Gasteiger partial charge in [-0.1, -0.05) is 13.8 Å². The van der Waals surface area contributed by atoms with E-state index in [0.29, 0.717) is 21.4 Å². The van der Waals surface area contributed by atoms with Crippen LogP contribution in [0.3, 0.4) is 0 Å². The van der Waals surface area contributed by atoms with Crippen molar-refractivity contribution in [3.05, 3.63) is 25.5 Å². The van der Waals surface area contributed by atoms with Crippen molar-refractivity contribution in [2.24, 2.45) is 5.92 Å². The molecule has 0 unspecified atom stereocenters. The molecule has 0 aliphatic heterocycles. The molecule has 0 fully saturated rings. The van der Waals surface area contributed by atoms with Crippen LogP contribution in [0.25, 0.3) is 0 Å². The van der Waals surface area contributed by atoms with Crippen molar-refractivity contribution in [1.29, 1.82) is 0 Å². The second-order valence-electron chi connectivity index (χ2n) is 3.19. The number of hydrogen-bond acceptors (Lipinski definition) is 2. The van der Waals surface area contributed by atoms with Gasteiger partial charge in [-0.3, -0.25) is 4.79 Å². The van der Waals surface area contributed by atoms with Gasteiger partial charge < -0.3 is 0 Å². The van der Waals surface area contributed by atoms with Crippen molar-refractivity contribution in [1.82, 2.24) is 9.78 Å². The second kappa shape index (κ2) is 4.37. The third-order valence-electron chi connectivity index (χ3n) is 1.48. The van der Waals surface area contributed by atoms with E-state index in [1.165, 1.54) is 4.68 Å². The first-order valence-corrected chi connectivity index (χ1v) is 5.52. The Hall–Kier alpha value is -0.160. The summed E-state index contributed by atoms with van der Waals surface area (Å²) in [6.07, 6.45) is 1.62. The highest BCUT2D eigenvalue weighted by molar-refractivity contribution is 9.13. The highest BCUT2D eigenvalue weighted by atomic mass is 79.9. The molecule has 1 heterocycles. The van der Waals surface area contributed by atoms with Gasteiger partial charge >= 0.3 is 0 Å². The predicted molar refractivity (Wildman–Crippen MR) is 58.7 cm³/mol. The number of rotatable bonds is 2. The first-order valence-electron chi connectivity index (χ1n) is 3.93. The molecule has 0 aliphatic carbocycles. The molecule has 1 rings (SSSR count). The molecule has 0 saturated carbocycles. The molecule has 5 heteroatoms. The van der Waals surface area contributed by atoms with Crippen LogP contribution in [0.1, 0.15) is 13.8 Å². The van der Waals surface area contributed by atoms with Gasteiger partial charge in [0.15, 0.2) is 0 Å². The second-order valence-corrected chi connectivity index (χ2v) is 4.83. The third kappa shape index (κ3) is 2.64. The average molecular weight is 310 g/mol. The van der Waals surface area contributed by atoms with Crippen LogP contribution in [-0.2, 0) is 6.54 Å². The smallest absolute Gasteiger partial charge is 0.266 e. The summed E-state index contributed by atoms with van der Waals surface area (Å²) in [5, 5.41) is 4.01. The first kappa shape index (κ1) is 10.9. The lowest BCUT2D eigenvalue weighted by Gasteiger charge is -2.07. The zero-order valence-corrected chi connectivity index (χ0v) is 10.6. The predicted octanol–water partition coefficient (Wildman–Crippen LogP) is 2.42. The van der Waals surface area contributed by atoms with Gasteiger partial charge in [-0.15, -0.1) is 0 Å². The number of hydrogen-bond donors (Lipinski definition) is 0. The lowest BCUT2D eigenvalue weighted by atomic mass is 10.2. The van der Waals surface area contributed by atoms with Crippen molar-refractivity contribution in [3.8, 4) is 0 Å². The van der Waals surface area contributed by atoms with E-state index in [4.69, 9.17) is 0 Å². The van der Waals surface area contributed by atoms with E-state index < -0.39 is 0 Å². The molecule has 0 bridgehead atoms. The van der Waals surface area contributed by atoms with Crippen molar-refractivity contribution >= 4 is 31.9 Å². The maximum Gasteiger partial charge on any atom is 0.282 e. The van der Waals surface area contributed by atoms with E-state index in [2.05, 4.69) is 37.0 Å². The van der Waals surface area contributed by atoms with Gasteiger partial charge in [0.25, 0.3) is 5.56 Å². The quantitative estimate of drug-likeness (QED) is 0.841. The zero-order valence-electron chi connectivity index (χ0n) is 7.42. The Bertz CT molecular complexity index is 360. The minimum Gasteiger partial charge on any atom is -0.266 e. The molecule has 0 aliphatic rings. The SMILES string of the molecule is CC(C)Cn1ncc(Br)c(Br)c1=O. The lowest BCUT2D eigenvalue weighted by molar-refractivity contribution is 0.461. The summed E-state index contributed by atoms with van der Waals surface area (Å²) in [7, 11) is 0. The van der Waals surface area contributed by atoms with Gasteiger partial charge in [-0.25, -0.2) is 4.68 Å². The molecule has 13 heavy (non-hydrogen) atoms. The molecule has 0 N–H and O–H groups in total. The average Bonchev–Trinajstić information content (AvgIpc) is 2.06. The molecule has 1 aromatic rings. The summed E-state index contributed by atoms with van der Waals surface area (Å²) in [4.78, 5) is 11.5. The summed E-state index contributed by atoms with van der Waals surface area (Å²) in [6, 6.07) is 0. The Labute approximate surface area is 93.4 Å². The largest absolute Gasteiger partial charge is 0.282 e. The molecule has 0 saturated heterocycles. The number of aromatic nitrogens is 2. The summed E-state index contributed by atoms with van der Waals surface area (Å²) >= 11 is 6.42. The maximum absolute atomic E-state index is 11.5. The van der Waals surface area contributed by atoms with Gasteiger partial charge in [-0.05, 0) is 37.8 Å². The molecule has 0 amide bonds. The van der Waals surface area contributed by atoms with Crippen LogP contribution >= 0.6 is 31.9 Å². The highest BCUT2D eigenvalue weighted by Gasteiger charge is 2.07. The van der Waals surface area contributed by atoms with E-state index in [-0.39, 0.29) is 5.56 Å². The molecular weight excluding hydrogens is 300 g/mol. The lowest BCUT2D eigenvalue weighted by Crippen LogP contribution is -2.25. The van der Waals surface area contributed by atoms with Crippen LogP contribution in [0.2, 0.25) is 0 Å². The fraction of sp³-hybridized carbons (Fsp3) is 0.500. The van der Waals surface area contributed by atoms with E-state index in [0.717, 1.165) is 0 Å². The molecule has 0 spiro atoms. The van der Waals surface area contributed by atoms with E-state index in [1.807, 2.05) is 13.8 Å². The van der Waals surface area contributed by atoms with Crippen LogP contribution in [0.4, 0.5) is 0 Å². The van der Waals surface area contributed by atoms with Crippen molar-refractivity contribution in [2.45, 2.75) is 20.4 Å². The molecule has 72 valence electrons. The maximum atomic E-state index is 11.5. The molecule has 1 aromatic heterocycles. The van der Waals surface area contributed by atoms with E-state index in [1.54, 1.807) is 6.20 Å². The molecule has 0 aromatic carbocycles. The monoisotopic (exact) mass is 308 g/mol. The van der Waals surface area contributed by atoms with Gasteiger partial charge in [0, 0.05) is 6.54 Å². The number of nitrogens with zero attached hydrogens (tertiary/aromatic N) is 2. The summed E-state index contributed by atoms with van der Waals surface area (Å²) in [5.74, 6) is 0.415. The third-order valence-corrected chi connectivity index (χ3v) is 3.38. The van der Waals surface area contributed by atoms with E-state index >= 15 is 0 Å². The van der Waals surface area contributed by atoms with Crippen LogP contribution in [0.5, 0.6) is 0 Å². The molecule has 0 atom stereocenters. The Morgan fingerprint density at radius 2 is 2.15 bits per heavy atom. The fourth-order valence-corrected chi connectivity index (χ4v) is 1.49. The Balaban J connectivity index is 3.12. The van der Waals surface area contributed by atoms with Crippen LogP contribution < -0.4 is 5.56 Å². The summed E-state index contributed by atoms with van der Waals surface area (Å²) in [5.41, 5.74) is -0.0944. The number of halogens is 2. The van der Waals surface area contributed by atoms with Crippen LogP contribution in [-0.4, -0.2) is 9.78 Å². The van der Waals surface area contributed by atoms with Gasteiger partial charge in [0.05, 0.1) is 10.7 Å². The van der Waals surface area contributed by atoms with Crippen molar-refractivity contribution in [3.63, 3.8) is 0 Å².